The van der Waals surface area contributed by atoms with Gasteiger partial charge in [0.2, 0.25) is 0 Å². The molecule has 5 heteroatoms. The predicted octanol–water partition coefficient (Wildman–Crippen LogP) is 2.72. The van der Waals surface area contributed by atoms with E-state index in [4.69, 9.17) is 16.2 Å². The van der Waals surface area contributed by atoms with E-state index >= 15 is 0 Å². The molecule has 0 fully saturated rings. The molecule has 0 atom stereocenters. The average molecular weight is 292 g/mol. The second-order valence-corrected chi connectivity index (χ2v) is 4.03. The topological polar surface area (TPSA) is 102 Å². The van der Waals surface area contributed by atoms with Crippen LogP contribution in [0.4, 0.5) is 0 Å². The zero-order valence-electron chi connectivity index (χ0n) is 12.3. The first-order valence-electron chi connectivity index (χ1n) is 6.56. The van der Waals surface area contributed by atoms with Gasteiger partial charge in [-0.3, -0.25) is 0 Å². The first-order valence-corrected chi connectivity index (χ1v) is 6.56. The standard InChI is InChI=1S/C16H24N2O3/c1-3-15(19)13(17)9-5-7-11-21-12-8-6-10-14(18)16(20)4-2/h3-6,8-10,19-20H,1,7,11-12,17-18H2,2H3/b8-6-,9-5-,14-10+,15-13-,16-4+. The van der Waals surface area contributed by atoms with Gasteiger partial charge in [-0.1, -0.05) is 24.8 Å². The van der Waals surface area contributed by atoms with Crippen molar-refractivity contribution in [3.8, 4) is 0 Å². The van der Waals surface area contributed by atoms with E-state index in [-0.39, 0.29) is 17.2 Å². The van der Waals surface area contributed by atoms with Crippen molar-refractivity contribution >= 4 is 0 Å². The zero-order valence-corrected chi connectivity index (χ0v) is 12.3. The van der Waals surface area contributed by atoms with Gasteiger partial charge in [-0.15, -0.1) is 0 Å². The number of ether oxygens (including phenoxy) is 1. The summed E-state index contributed by atoms with van der Waals surface area (Å²) < 4.78 is 5.35. The summed E-state index contributed by atoms with van der Waals surface area (Å²) in [5.74, 6) is 0.0167. The predicted molar refractivity (Wildman–Crippen MR) is 86.4 cm³/mol. The van der Waals surface area contributed by atoms with Crippen LogP contribution < -0.4 is 11.5 Å². The Labute approximate surface area is 125 Å². The van der Waals surface area contributed by atoms with E-state index < -0.39 is 0 Å². The summed E-state index contributed by atoms with van der Waals surface area (Å²) in [5.41, 5.74) is 11.7. The van der Waals surface area contributed by atoms with Crippen molar-refractivity contribution in [1.29, 1.82) is 0 Å². The van der Waals surface area contributed by atoms with Crippen molar-refractivity contribution in [2.24, 2.45) is 11.5 Å². The van der Waals surface area contributed by atoms with Crippen molar-refractivity contribution < 1.29 is 14.9 Å². The third-order valence-electron chi connectivity index (χ3n) is 2.41. The molecule has 0 amide bonds. The highest BCUT2D eigenvalue weighted by Crippen LogP contribution is 1.99. The van der Waals surface area contributed by atoms with Crippen LogP contribution in [0.5, 0.6) is 0 Å². The lowest BCUT2D eigenvalue weighted by molar-refractivity contribution is 0.167. The van der Waals surface area contributed by atoms with Crippen molar-refractivity contribution in [1.82, 2.24) is 0 Å². The minimum atomic E-state index is -0.0381. The molecule has 0 aromatic heterocycles. The number of rotatable bonds is 9. The van der Waals surface area contributed by atoms with Crippen LogP contribution in [0.3, 0.4) is 0 Å². The van der Waals surface area contributed by atoms with Gasteiger partial charge in [-0.25, -0.2) is 0 Å². The van der Waals surface area contributed by atoms with E-state index in [1.165, 1.54) is 12.2 Å². The fourth-order valence-electron chi connectivity index (χ4n) is 1.20. The second kappa shape index (κ2) is 11.4. The summed E-state index contributed by atoms with van der Waals surface area (Å²) >= 11 is 0. The Hall–Kier alpha value is -2.40. The highest BCUT2D eigenvalue weighted by Gasteiger charge is 1.92. The second-order valence-electron chi connectivity index (χ2n) is 4.03. The van der Waals surface area contributed by atoms with Gasteiger partial charge in [0, 0.05) is 0 Å². The molecule has 0 saturated heterocycles. The molecule has 0 spiro atoms. The molecule has 0 aliphatic heterocycles. The summed E-state index contributed by atoms with van der Waals surface area (Å²) in [6, 6.07) is 0. The largest absolute Gasteiger partial charge is 0.506 e. The Morgan fingerprint density at radius 1 is 1.24 bits per heavy atom. The lowest BCUT2D eigenvalue weighted by atomic mass is 10.3. The summed E-state index contributed by atoms with van der Waals surface area (Å²) in [6.45, 7) is 6.08. The van der Waals surface area contributed by atoms with E-state index in [0.29, 0.717) is 25.3 Å². The Morgan fingerprint density at radius 3 is 2.57 bits per heavy atom. The van der Waals surface area contributed by atoms with E-state index in [1.807, 2.05) is 0 Å². The third kappa shape index (κ3) is 9.18. The monoisotopic (exact) mass is 292 g/mol. The van der Waals surface area contributed by atoms with E-state index in [2.05, 4.69) is 6.58 Å². The normalized spacial score (nSPS) is 14.7. The van der Waals surface area contributed by atoms with Gasteiger partial charge in [0.05, 0.1) is 24.6 Å². The molecule has 116 valence electrons. The lowest BCUT2D eigenvalue weighted by Crippen LogP contribution is -1.99. The number of hydrogen-bond acceptors (Lipinski definition) is 5. The van der Waals surface area contributed by atoms with Crippen LogP contribution in [0.2, 0.25) is 0 Å². The van der Waals surface area contributed by atoms with Gasteiger partial charge in [0.15, 0.2) is 0 Å². The number of allylic oxidation sites excluding steroid dienone is 5. The van der Waals surface area contributed by atoms with Crippen molar-refractivity contribution in [3.05, 3.63) is 72.0 Å². The Morgan fingerprint density at radius 2 is 1.95 bits per heavy atom. The molecular formula is C16H24N2O3. The maximum Gasteiger partial charge on any atom is 0.137 e. The SMILES string of the molecule is C=C/C(O)=C(N)\C=C/CCOC\C=C/C=C(N)\C(O)=C/C. The van der Waals surface area contributed by atoms with Gasteiger partial charge in [0.1, 0.15) is 11.5 Å². The Kier molecular flexibility index (Phi) is 10.1. The Balaban J connectivity index is 3.89. The molecule has 0 aliphatic rings. The number of nitrogens with two attached hydrogens (primary N) is 2. The van der Waals surface area contributed by atoms with Gasteiger partial charge in [-0.05, 0) is 37.6 Å². The van der Waals surface area contributed by atoms with Crippen LogP contribution in [-0.4, -0.2) is 23.4 Å². The van der Waals surface area contributed by atoms with Crippen LogP contribution in [0, 0.1) is 0 Å². The van der Waals surface area contributed by atoms with Crippen molar-refractivity contribution in [2.75, 3.05) is 13.2 Å². The van der Waals surface area contributed by atoms with Gasteiger partial charge < -0.3 is 26.4 Å². The number of aliphatic hydroxyl groups excluding tert-OH is 2. The van der Waals surface area contributed by atoms with E-state index in [9.17, 15) is 10.2 Å². The maximum atomic E-state index is 9.29. The molecule has 5 nitrogen and oxygen atoms in total. The highest BCUT2D eigenvalue weighted by molar-refractivity contribution is 5.25. The van der Waals surface area contributed by atoms with Gasteiger partial charge in [-0.2, -0.15) is 0 Å². The smallest absolute Gasteiger partial charge is 0.137 e. The molecule has 0 heterocycles. The highest BCUT2D eigenvalue weighted by atomic mass is 16.5. The van der Waals surface area contributed by atoms with Gasteiger partial charge in [0.25, 0.3) is 0 Å². The van der Waals surface area contributed by atoms with Crippen molar-refractivity contribution in [2.45, 2.75) is 13.3 Å². The minimum absolute atomic E-state index is 0.0381. The molecule has 0 radical (unpaired) electrons. The molecule has 0 aromatic rings. The molecule has 0 rings (SSSR count). The summed E-state index contributed by atoms with van der Waals surface area (Å²) in [5, 5.41) is 18.5. The summed E-state index contributed by atoms with van der Waals surface area (Å²) in [4.78, 5) is 0. The quantitative estimate of drug-likeness (QED) is 0.297. The Bertz CT molecular complexity index is 472. The van der Waals surface area contributed by atoms with Crippen LogP contribution >= 0.6 is 0 Å². The molecular weight excluding hydrogens is 268 g/mol. The van der Waals surface area contributed by atoms with E-state index in [1.54, 1.807) is 37.3 Å². The molecule has 6 N–H and O–H groups in total. The average Bonchev–Trinajstić information content (AvgIpc) is 2.50. The number of hydrogen-bond donors (Lipinski definition) is 4. The van der Waals surface area contributed by atoms with Crippen LogP contribution in [0.15, 0.2) is 72.0 Å². The van der Waals surface area contributed by atoms with Crippen LogP contribution in [-0.2, 0) is 4.74 Å². The molecule has 0 saturated carbocycles. The summed E-state index contributed by atoms with van der Waals surface area (Å²) in [6.07, 6.45) is 12.0. The van der Waals surface area contributed by atoms with Crippen LogP contribution in [0.25, 0.3) is 0 Å². The molecule has 0 aliphatic carbocycles. The first-order chi connectivity index (χ1) is 10.0. The van der Waals surface area contributed by atoms with Crippen LogP contribution in [0.1, 0.15) is 13.3 Å². The zero-order chi connectivity index (χ0) is 16.1. The fraction of sp³-hybridized carbons (Fsp3) is 0.250. The fourth-order valence-corrected chi connectivity index (χ4v) is 1.20. The van der Waals surface area contributed by atoms with E-state index in [0.717, 1.165) is 0 Å². The summed E-state index contributed by atoms with van der Waals surface area (Å²) in [7, 11) is 0. The van der Waals surface area contributed by atoms with Gasteiger partial charge >= 0.3 is 0 Å². The third-order valence-corrected chi connectivity index (χ3v) is 2.41. The molecule has 21 heavy (non-hydrogen) atoms. The number of aliphatic hydroxyl groups is 2. The maximum absolute atomic E-state index is 9.29. The molecule has 0 unspecified atom stereocenters. The first kappa shape index (κ1) is 18.6. The van der Waals surface area contributed by atoms with Crippen molar-refractivity contribution in [3.63, 3.8) is 0 Å². The minimum Gasteiger partial charge on any atom is -0.506 e. The molecule has 0 bridgehead atoms. The lowest BCUT2D eigenvalue weighted by Gasteiger charge is -1.98. The molecule has 0 aromatic carbocycles.